The van der Waals surface area contributed by atoms with E-state index < -0.39 is 78.6 Å². The SMILES string of the molecule is [2H]c1c([2H])c([2H])c(-c2nc(-c3ccc(-c4cccc5c4sc4ccc(-c6cccc7c6oc6ccccc67)cc45)cc3)nc(-c3ccccc3-n3c4c([2H])c([2H])c([2H])c([2H])c4c4c([2H])c([2H])c([2H])c([2H])c43)n2)c([2H])c1[2H]. The highest BCUT2D eigenvalue weighted by atomic mass is 32.1. The van der Waals surface area contributed by atoms with Gasteiger partial charge in [-0.3, -0.25) is 0 Å². The molecule has 0 N–H and O–H groups in total. The summed E-state index contributed by atoms with van der Waals surface area (Å²) < 4.78 is 124. The van der Waals surface area contributed by atoms with E-state index in [9.17, 15) is 0 Å². The van der Waals surface area contributed by atoms with Crippen LogP contribution in [0.25, 0.3) is 126 Å². The molecule has 4 heterocycles. The molecule has 0 amide bonds. The molecule has 5 nitrogen and oxygen atoms in total. The molecular formula is C57H34N4OS. The van der Waals surface area contributed by atoms with Gasteiger partial charge in [0, 0.05) is 64.0 Å². The van der Waals surface area contributed by atoms with Gasteiger partial charge in [-0.1, -0.05) is 164 Å². The summed E-state index contributed by atoms with van der Waals surface area (Å²) in [7, 11) is 0. The van der Waals surface area contributed by atoms with E-state index in [0.29, 0.717) is 5.56 Å². The van der Waals surface area contributed by atoms with Gasteiger partial charge in [0.05, 0.1) is 34.5 Å². The summed E-state index contributed by atoms with van der Waals surface area (Å²) >= 11 is 1.69. The van der Waals surface area contributed by atoms with Crippen LogP contribution in [0.1, 0.15) is 17.8 Å². The van der Waals surface area contributed by atoms with Crippen molar-refractivity contribution in [2.24, 2.45) is 0 Å². The van der Waals surface area contributed by atoms with E-state index in [1.54, 1.807) is 35.6 Å². The second-order valence-corrected chi connectivity index (χ2v) is 16.0. The lowest BCUT2D eigenvalue weighted by molar-refractivity contribution is 0.670. The fourth-order valence-corrected chi connectivity index (χ4v) is 9.80. The van der Waals surface area contributed by atoms with Gasteiger partial charge in [-0.05, 0) is 59.1 Å². The zero-order valence-corrected chi connectivity index (χ0v) is 33.5. The first-order chi connectivity index (χ1) is 36.6. The van der Waals surface area contributed by atoms with Crippen LogP contribution in [-0.4, -0.2) is 19.5 Å². The molecule has 4 aromatic heterocycles. The van der Waals surface area contributed by atoms with Crippen LogP contribution < -0.4 is 0 Å². The van der Waals surface area contributed by atoms with Gasteiger partial charge in [0.25, 0.3) is 0 Å². The Labute approximate surface area is 384 Å². The Morgan fingerprint density at radius 1 is 0.429 bits per heavy atom. The Hall–Kier alpha value is -8.19. The second-order valence-electron chi connectivity index (χ2n) is 15.0. The summed E-state index contributed by atoms with van der Waals surface area (Å²) in [6, 6.07) is 33.7. The van der Waals surface area contributed by atoms with E-state index in [1.807, 2.05) is 48.5 Å². The largest absolute Gasteiger partial charge is 0.455 e. The normalized spacial score (nSPS) is 14.7. The first-order valence-electron chi connectivity index (χ1n) is 26.5. The molecule has 13 rings (SSSR count). The molecule has 0 radical (unpaired) electrons. The first-order valence-corrected chi connectivity index (χ1v) is 20.8. The molecule has 0 aliphatic rings. The van der Waals surface area contributed by atoms with Crippen molar-refractivity contribution in [3.63, 3.8) is 0 Å². The van der Waals surface area contributed by atoms with Crippen LogP contribution in [0.3, 0.4) is 0 Å². The molecule has 0 unspecified atom stereocenters. The van der Waals surface area contributed by atoms with Crippen LogP contribution in [0.5, 0.6) is 0 Å². The van der Waals surface area contributed by atoms with Crippen LogP contribution in [0.4, 0.5) is 0 Å². The quantitative estimate of drug-likeness (QED) is 0.167. The van der Waals surface area contributed by atoms with Gasteiger partial charge in [0.2, 0.25) is 0 Å². The Morgan fingerprint density at radius 3 is 1.84 bits per heavy atom. The molecule has 13 aromatic rings. The standard InChI is InChI=1S/C57H34N4OS/c1-2-14-36(15-3-1)55-58-56(60-57(59-55)46-19-6-10-26-50(46)61-48-24-8-4-16-41(48)42-17-5-9-25-49(42)61)37-30-28-35(29-31-37)40-21-13-23-45-47-34-38(32-33-52(47)63-54(40)45)39-20-12-22-44-43-18-7-11-27-51(43)62-53(39)44/h1-34H/i1D,2D,3D,4D,5D,8D,9D,14D,15D,16D,17D,24D,25D. The minimum Gasteiger partial charge on any atom is -0.455 e. The number of para-hydroxylation sites is 5. The summed E-state index contributed by atoms with van der Waals surface area (Å²) in [5, 5.41) is 4.06. The van der Waals surface area contributed by atoms with Crippen molar-refractivity contribution in [2.45, 2.75) is 0 Å². The predicted octanol–water partition coefficient (Wildman–Crippen LogP) is 15.6. The first kappa shape index (κ1) is 24.9. The van der Waals surface area contributed by atoms with Crippen LogP contribution in [0, 0.1) is 0 Å². The van der Waals surface area contributed by atoms with Crippen molar-refractivity contribution in [3.05, 3.63) is 206 Å². The maximum absolute atomic E-state index is 9.14. The van der Waals surface area contributed by atoms with E-state index in [0.717, 1.165) is 64.4 Å². The third kappa shape index (κ3) is 5.73. The minimum atomic E-state index is -0.607. The van der Waals surface area contributed by atoms with Gasteiger partial charge in [0.15, 0.2) is 17.5 Å². The molecule has 9 aromatic carbocycles. The molecule has 0 aliphatic carbocycles. The molecule has 0 saturated carbocycles. The number of hydrogen-bond acceptors (Lipinski definition) is 5. The van der Waals surface area contributed by atoms with E-state index in [2.05, 4.69) is 54.6 Å². The van der Waals surface area contributed by atoms with E-state index >= 15 is 0 Å². The number of fused-ring (bicyclic) bond motifs is 9. The lowest BCUT2D eigenvalue weighted by Gasteiger charge is -2.14. The average molecular weight is 836 g/mol. The van der Waals surface area contributed by atoms with Gasteiger partial charge >= 0.3 is 0 Å². The number of hydrogen-bond donors (Lipinski definition) is 0. The van der Waals surface area contributed by atoms with Gasteiger partial charge in [-0.15, -0.1) is 11.3 Å². The topological polar surface area (TPSA) is 56.7 Å². The molecule has 0 spiro atoms. The molecule has 0 aliphatic heterocycles. The van der Waals surface area contributed by atoms with Crippen molar-refractivity contribution in [1.29, 1.82) is 0 Å². The van der Waals surface area contributed by atoms with Gasteiger partial charge in [0.1, 0.15) is 11.2 Å². The molecule has 0 atom stereocenters. The van der Waals surface area contributed by atoms with E-state index in [-0.39, 0.29) is 56.1 Å². The maximum atomic E-state index is 9.14. The summed E-state index contributed by atoms with van der Waals surface area (Å²) in [4.78, 5) is 14.5. The number of aromatic nitrogens is 4. The molecule has 294 valence electrons. The maximum Gasteiger partial charge on any atom is 0.166 e. The lowest BCUT2D eigenvalue weighted by atomic mass is 9.98. The number of furan rings is 1. The predicted molar refractivity (Wildman–Crippen MR) is 262 cm³/mol. The third-order valence-corrected chi connectivity index (χ3v) is 12.7. The van der Waals surface area contributed by atoms with Crippen molar-refractivity contribution in [2.75, 3.05) is 0 Å². The molecule has 0 fully saturated rings. The molecule has 6 heteroatoms. The van der Waals surface area contributed by atoms with Crippen LogP contribution >= 0.6 is 11.3 Å². The van der Waals surface area contributed by atoms with E-state index in [4.69, 9.17) is 37.2 Å². The van der Waals surface area contributed by atoms with Crippen LogP contribution in [-0.2, 0) is 0 Å². The Bertz CT molecular complexity index is 4600. The van der Waals surface area contributed by atoms with Gasteiger partial charge < -0.3 is 8.98 Å². The van der Waals surface area contributed by atoms with Crippen molar-refractivity contribution in [1.82, 2.24) is 19.5 Å². The third-order valence-electron chi connectivity index (χ3n) is 11.4. The van der Waals surface area contributed by atoms with E-state index in [1.165, 1.54) is 4.57 Å². The Morgan fingerprint density at radius 2 is 1.03 bits per heavy atom. The van der Waals surface area contributed by atoms with Crippen LogP contribution in [0.15, 0.2) is 210 Å². The number of thiophene rings is 1. The monoisotopic (exact) mass is 835 g/mol. The van der Waals surface area contributed by atoms with Crippen molar-refractivity contribution >= 4 is 75.3 Å². The Kier molecular flexibility index (Phi) is 5.62. The molecule has 0 bridgehead atoms. The summed E-state index contributed by atoms with van der Waals surface area (Å²) in [6.45, 7) is 0. The molecule has 63 heavy (non-hydrogen) atoms. The number of benzene rings is 9. The zero-order chi connectivity index (χ0) is 52.7. The second kappa shape index (κ2) is 14.2. The summed E-state index contributed by atoms with van der Waals surface area (Å²) in [6.07, 6.45) is 0. The van der Waals surface area contributed by atoms with Crippen LogP contribution in [0.2, 0.25) is 0 Å². The Balaban J connectivity index is 0.979. The van der Waals surface area contributed by atoms with Gasteiger partial charge in [-0.25, -0.2) is 15.0 Å². The minimum absolute atomic E-state index is 0.0614. The highest BCUT2D eigenvalue weighted by molar-refractivity contribution is 7.26. The fraction of sp³-hybridized carbons (Fsp3) is 0. The molecular weight excluding hydrogens is 789 g/mol. The van der Waals surface area contributed by atoms with Crippen molar-refractivity contribution in [3.8, 4) is 62.1 Å². The summed E-state index contributed by atoms with van der Waals surface area (Å²) in [5.41, 5.74) is 5.87. The van der Waals surface area contributed by atoms with Gasteiger partial charge in [-0.2, -0.15) is 0 Å². The smallest absolute Gasteiger partial charge is 0.166 e. The lowest BCUT2D eigenvalue weighted by Crippen LogP contribution is -2.03. The van der Waals surface area contributed by atoms with Crippen molar-refractivity contribution < 1.29 is 22.2 Å². The fourth-order valence-electron chi connectivity index (χ4n) is 8.59. The highest BCUT2D eigenvalue weighted by Crippen LogP contribution is 2.44. The molecule has 0 saturated heterocycles. The highest BCUT2D eigenvalue weighted by Gasteiger charge is 2.20. The number of nitrogens with zero attached hydrogens (tertiary/aromatic N) is 4. The average Bonchev–Trinajstić information content (AvgIpc) is 4.16. The zero-order valence-electron chi connectivity index (χ0n) is 45.7. The number of rotatable bonds is 6. The summed E-state index contributed by atoms with van der Waals surface area (Å²) in [5.74, 6) is -0.270.